The normalized spacial score (nSPS) is 11.1. The molecule has 0 aliphatic heterocycles. The van der Waals surface area contributed by atoms with Gasteiger partial charge in [0, 0.05) is 18.7 Å². The summed E-state index contributed by atoms with van der Waals surface area (Å²) in [6, 6.07) is 3.44. The highest BCUT2D eigenvalue weighted by atomic mass is 16.4. The Morgan fingerprint density at radius 3 is 2.62 bits per heavy atom. The molecule has 0 aliphatic carbocycles. The van der Waals surface area contributed by atoms with Gasteiger partial charge in [-0.25, -0.2) is 0 Å². The van der Waals surface area contributed by atoms with E-state index in [9.17, 15) is 9.59 Å². The summed E-state index contributed by atoms with van der Waals surface area (Å²) in [6.07, 6.45) is 3.22. The third-order valence-electron chi connectivity index (χ3n) is 3.33. The number of amides is 1. The molecule has 0 bridgehead atoms. The Bertz CT molecular complexity index is 483. The first-order valence-electron chi connectivity index (χ1n) is 6.97. The van der Waals surface area contributed by atoms with E-state index in [0.29, 0.717) is 24.3 Å². The topological polar surface area (TPSA) is 105 Å². The lowest BCUT2D eigenvalue weighted by Gasteiger charge is -2.23. The van der Waals surface area contributed by atoms with Crippen LogP contribution >= 0.6 is 0 Å². The Morgan fingerprint density at radius 2 is 2.05 bits per heavy atom. The van der Waals surface area contributed by atoms with Crippen LogP contribution in [0.15, 0.2) is 18.3 Å². The van der Waals surface area contributed by atoms with Gasteiger partial charge in [0.15, 0.2) is 0 Å². The Labute approximate surface area is 124 Å². The lowest BCUT2D eigenvalue weighted by molar-refractivity contribution is -0.137. The molecule has 0 aliphatic rings. The fourth-order valence-electron chi connectivity index (χ4n) is 1.88. The number of aliphatic carboxylic acids is 1. The molecule has 0 fully saturated rings. The number of carbonyl (C=O) groups excluding carboxylic acids is 1. The van der Waals surface area contributed by atoms with Crippen molar-refractivity contribution in [3.8, 4) is 0 Å². The van der Waals surface area contributed by atoms with E-state index < -0.39 is 5.97 Å². The third-order valence-corrected chi connectivity index (χ3v) is 3.33. The van der Waals surface area contributed by atoms with Crippen molar-refractivity contribution < 1.29 is 14.7 Å². The molecular weight excluding hydrogens is 270 g/mol. The molecule has 21 heavy (non-hydrogen) atoms. The van der Waals surface area contributed by atoms with E-state index in [-0.39, 0.29) is 24.2 Å². The lowest BCUT2D eigenvalue weighted by atomic mass is 9.84. The molecule has 1 rings (SSSR count). The number of hydrogen-bond donors (Lipinski definition) is 3. The molecule has 1 aromatic heterocycles. The Morgan fingerprint density at radius 1 is 1.33 bits per heavy atom. The lowest BCUT2D eigenvalue weighted by Crippen LogP contribution is -2.29. The van der Waals surface area contributed by atoms with Gasteiger partial charge >= 0.3 is 5.97 Å². The summed E-state index contributed by atoms with van der Waals surface area (Å²) in [5, 5.41) is 11.5. The number of nitrogens with one attached hydrogen (secondary N) is 1. The van der Waals surface area contributed by atoms with Gasteiger partial charge in [-0.3, -0.25) is 14.6 Å². The summed E-state index contributed by atoms with van der Waals surface area (Å²) in [7, 11) is 0. The average molecular weight is 293 g/mol. The number of carboxylic acid groups (broad SMARTS) is 1. The number of carboxylic acids is 1. The van der Waals surface area contributed by atoms with E-state index in [0.717, 1.165) is 6.42 Å². The summed E-state index contributed by atoms with van der Waals surface area (Å²) >= 11 is 0. The second kappa shape index (κ2) is 7.61. The maximum absolute atomic E-state index is 11.8. The van der Waals surface area contributed by atoms with Gasteiger partial charge in [-0.15, -0.1) is 0 Å². The average Bonchev–Trinajstić information content (AvgIpc) is 2.39. The number of carbonyl (C=O) groups is 2. The van der Waals surface area contributed by atoms with E-state index in [2.05, 4.69) is 10.3 Å². The van der Waals surface area contributed by atoms with Crippen molar-refractivity contribution in [2.45, 2.75) is 39.5 Å². The minimum Gasteiger partial charge on any atom is -0.481 e. The third kappa shape index (κ3) is 7.29. The maximum Gasteiger partial charge on any atom is 0.303 e. The van der Waals surface area contributed by atoms with Crippen LogP contribution in [0.1, 0.15) is 38.8 Å². The number of nitrogens with zero attached hydrogens (tertiary/aromatic N) is 1. The van der Waals surface area contributed by atoms with Gasteiger partial charge in [-0.05, 0) is 30.4 Å². The number of nitrogens with two attached hydrogens (primary N) is 1. The Hall–Kier alpha value is -2.11. The molecule has 0 atom stereocenters. The van der Waals surface area contributed by atoms with E-state index in [1.807, 2.05) is 13.8 Å². The van der Waals surface area contributed by atoms with Gasteiger partial charge in [0.05, 0.1) is 18.3 Å². The molecular formula is C15H23N3O3. The minimum absolute atomic E-state index is 0.0960. The zero-order chi connectivity index (χ0) is 15.9. The van der Waals surface area contributed by atoms with Gasteiger partial charge in [0.2, 0.25) is 5.91 Å². The first-order chi connectivity index (χ1) is 9.78. The molecule has 4 N–H and O–H groups in total. The number of hydrogen-bond acceptors (Lipinski definition) is 4. The summed E-state index contributed by atoms with van der Waals surface area (Å²) in [4.78, 5) is 26.4. The fraction of sp³-hybridized carbons (Fsp3) is 0.533. The molecule has 6 heteroatoms. The van der Waals surface area contributed by atoms with E-state index in [1.54, 1.807) is 12.1 Å². The van der Waals surface area contributed by atoms with Gasteiger partial charge < -0.3 is 16.2 Å². The SMILES string of the molecule is CC(C)(CCNC(=O)Cc1ccc(N)cn1)CCC(=O)O. The molecule has 1 heterocycles. The van der Waals surface area contributed by atoms with Gasteiger partial charge in [-0.2, -0.15) is 0 Å². The summed E-state index contributed by atoms with van der Waals surface area (Å²) in [5.74, 6) is -0.886. The van der Waals surface area contributed by atoms with Gasteiger partial charge in [-0.1, -0.05) is 13.8 Å². The molecule has 6 nitrogen and oxygen atoms in total. The van der Waals surface area contributed by atoms with Crippen LogP contribution in [0.25, 0.3) is 0 Å². The monoisotopic (exact) mass is 293 g/mol. The van der Waals surface area contributed by atoms with E-state index >= 15 is 0 Å². The zero-order valence-corrected chi connectivity index (χ0v) is 12.6. The van der Waals surface area contributed by atoms with Crippen molar-refractivity contribution in [3.05, 3.63) is 24.0 Å². The highest BCUT2D eigenvalue weighted by Crippen LogP contribution is 2.25. The van der Waals surface area contributed by atoms with Crippen LogP contribution in [-0.2, 0) is 16.0 Å². The quantitative estimate of drug-likeness (QED) is 0.675. The van der Waals surface area contributed by atoms with Crippen LogP contribution in [0.2, 0.25) is 0 Å². The highest BCUT2D eigenvalue weighted by molar-refractivity contribution is 5.78. The standard InChI is InChI=1S/C15H23N3O3/c1-15(2,6-5-14(20)21)7-8-17-13(19)9-12-4-3-11(16)10-18-12/h3-4,10H,5-9,16H2,1-2H3,(H,17,19)(H,20,21). The van der Waals surface area contributed by atoms with Crippen LogP contribution < -0.4 is 11.1 Å². The summed E-state index contributed by atoms with van der Waals surface area (Å²) in [5.41, 5.74) is 6.67. The van der Waals surface area contributed by atoms with Crippen molar-refractivity contribution >= 4 is 17.6 Å². The molecule has 0 aromatic carbocycles. The second-order valence-electron chi connectivity index (χ2n) is 5.92. The number of nitrogen functional groups attached to an aromatic ring is 1. The highest BCUT2D eigenvalue weighted by Gasteiger charge is 2.19. The molecule has 0 saturated carbocycles. The van der Waals surface area contributed by atoms with Gasteiger partial charge in [0.1, 0.15) is 0 Å². The first-order valence-corrected chi connectivity index (χ1v) is 6.97. The fourth-order valence-corrected chi connectivity index (χ4v) is 1.88. The number of aromatic nitrogens is 1. The molecule has 0 unspecified atom stereocenters. The van der Waals surface area contributed by atoms with Crippen molar-refractivity contribution in [3.63, 3.8) is 0 Å². The number of pyridine rings is 1. The molecule has 0 saturated heterocycles. The molecule has 1 amide bonds. The second-order valence-corrected chi connectivity index (χ2v) is 5.92. The van der Waals surface area contributed by atoms with E-state index in [1.165, 1.54) is 6.20 Å². The first kappa shape index (κ1) is 16.9. The van der Waals surface area contributed by atoms with Crippen LogP contribution in [-0.4, -0.2) is 28.5 Å². The summed E-state index contributed by atoms with van der Waals surface area (Å²) in [6.45, 7) is 4.54. The Kier molecular flexibility index (Phi) is 6.14. The molecule has 0 spiro atoms. The number of rotatable bonds is 8. The van der Waals surface area contributed by atoms with Crippen molar-refractivity contribution in [1.82, 2.24) is 10.3 Å². The minimum atomic E-state index is -0.790. The van der Waals surface area contributed by atoms with Crippen LogP contribution in [0, 0.1) is 5.41 Å². The van der Waals surface area contributed by atoms with Gasteiger partial charge in [0.25, 0.3) is 0 Å². The maximum atomic E-state index is 11.8. The van der Waals surface area contributed by atoms with Crippen molar-refractivity contribution in [2.24, 2.45) is 5.41 Å². The zero-order valence-electron chi connectivity index (χ0n) is 12.6. The Balaban J connectivity index is 2.29. The van der Waals surface area contributed by atoms with Crippen molar-refractivity contribution in [2.75, 3.05) is 12.3 Å². The van der Waals surface area contributed by atoms with Crippen LogP contribution in [0.4, 0.5) is 5.69 Å². The van der Waals surface area contributed by atoms with Crippen LogP contribution in [0.5, 0.6) is 0 Å². The van der Waals surface area contributed by atoms with E-state index in [4.69, 9.17) is 10.8 Å². The van der Waals surface area contributed by atoms with Crippen molar-refractivity contribution in [1.29, 1.82) is 0 Å². The molecule has 116 valence electrons. The predicted molar refractivity (Wildman–Crippen MR) is 80.6 cm³/mol. The molecule has 1 aromatic rings. The van der Waals surface area contributed by atoms with Crippen LogP contribution in [0.3, 0.4) is 0 Å². The predicted octanol–water partition coefficient (Wildman–Crippen LogP) is 1.60. The summed E-state index contributed by atoms with van der Waals surface area (Å²) < 4.78 is 0. The smallest absolute Gasteiger partial charge is 0.303 e. The molecule has 0 radical (unpaired) electrons. The largest absolute Gasteiger partial charge is 0.481 e. The number of anilines is 1.